The molecule has 2 aromatic carbocycles. The Morgan fingerprint density at radius 3 is 2.58 bits per heavy atom. The van der Waals surface area contributed by atoms with Crippen molar-refractivity contribution in [2.24, 2.45) is 0 Å². The molecule has 0 radical (unpaired) electrons. The number of rotatable bonds is 6. The summed E-state index contributed by atoms with van der Waals surface area (Å²) >= 11 is 6.44. The number of hydrogen-bond donors (Lipinski definition) is 1. The fraction of sp³-hybridized carbons (Fsp3) is 0.381. The SMILES string of the molecule is CN(C)c1cccc(C(=O)NCC(c2ccccc2Cl)N2CCCC2)c1. The Hall–Kier alpha value is -2.04. The molecular formula is C21H26ClN3O. The van der Waals surface area contributed by atoms with E-state index in [4.69, 9.17) is 11.6 Å². The summed E-state index contributed by atoms with van der Waals surface area (Å²) < 4.78 is 0. The lowest BCUT2D eigenvalue weighted by atomic mass is 10.0. The second kappa shape index (κ2) is 8.56. The third-order valence-corrected chi connectivity index (χ3v) is 5.27. The van der Waals surface area contributed by atoms with Crippen LogP contribution in [-0.2, 0) is 0 Å². The molecule has 1 aliphatic rings. The van der Waals surface area contributed by atoms with Crippen LogP contribution >= 0.6 is 11.6 Å². The van der Waals surface area contributed by atoms with Gasteiger partial charge in [0, 0.05) is 36.9 Å². The van der Waals surface area contributed by atoms with Crippen molar-refractivity contribution in [1.82, 2.24) is 10.2 Å². The van der Waals surface area contributed by atoms with E-state index in [9.17, 15) is 4.79 Å². The summed E-state index contributed by atoms with van der Waals surface area (Å²) in [7, 11) is 3.94. The van der Waals surface area contributed by atoms with E-state index in [0.29, 0.717) is 12.1 Å². The van der Waals surface area contributed by atoms with E-state index in [1.165, 1.54) is 12.8 Å². The number of anilines is 1. The Kier molecular flexibility index (Phi) is 6.17. The van der Waals surface area contributed by atoms with Crippen LogP contribution in [0.15, 0.2) is 48.5 Å². The molecule has 1 saturated heterocycles. The first-order valence-corrected chi connectivity index (χ1v) is 9.48. The van der Waals surface area contributed by atoms with Crippen LogP contribution in [0.4, 0.5) is 5.69 Å². The van der Waals surface area contributed by atoms with Crippen molar-refractivity contribution in [2.45, 2.75) is 18.9 Å². The third kappa shape index (κ3) is 4.37. The third-order valence-electron chi connectivity index (χ3n) is 4.93. The molecule has 1 unspecified atom stereocenters. The number of nitrogens with one attached hydrogen (secondary N) is 1. The minimum atomic E-state index is -0.0510. The molecule has 0 aromatic heterocycles. The lowest BCUT2D eigenvalue weighted by Crippen LogP contribution is -2.37. The second-order valence-electron chi connectivity index (χ2n) is 6.94. The summed E-state index contributed by atoms with van der Waals surface area (Å²) in [5, 5.41) is 3.87. The molecule has 5 heteroatoms. The van der Waals surface area contributed by atoms with Gasteiger partial charge in [-0.25, -0.2) is 0 Å². The zero-order chi connectivity index (χ0) is 18.5. The van der Waals surface area contributed by atoms with Crippen molar-refractivity contribution in [1.29, 1.82) is 0 Å². The van der Waals surface area contributed by atoms with Crippen molar-refractivity contribution < 1.29 is 4.79 Å². The van der Waals surface area contributed by atoms with Crippen LogP contribution in [-0.4, -0.2) is 44.5 Å². The van der Waals surface area contributed by atoms with Crippen LogP contribution in [0.5, 0.6) is 0 Å². The van der Waals surface area contributed by atoms with E-state index in [1.807, 2.05) is 61.5 Å². The minimum Gasteiger partial charge on any atom is -0.378 e. The van der Waals surface area contributed by atoms with Gasteiger partial charge in [-0.15, -0.1) is 0 Å². The van der Waals surface area contributed by atoms with Gasteiger partial charge >= 0.3 is 0 Å². The van der Waals surface area contributed by atoms with Crippen LogP contribution in [0.1, 0.15) is 34.8 Å². The highest BCUT2D eigenvalue weighted by Gasteiger charge is 2.25. The van der Waals surface area contributed by atoms with E-state index in [0.717, 1.165) is 29.4 Å². The average molecular weight is 372 g/mol. The lowest BCUT2D eigenvalue weighted by Gasteiger charge is -2.29. The van der Waals surface area contributed by atoms with Crippen LogP contribution in [0, 0.1) is 0 Å². The molecule has 138 valence electrons. The molecule has 0 aliphatic carbocycles. The number of likely N-dealkylation sites (tertiary alicyclic amines) is 1. The Bertz CT molecular complexity index is 756. The van der Waals surface area contributed by atoms with E-state index in [2.05, 4.69) is 16.3 Å². The molecule has 0 spiro atoms. The molecule has 1 atom stereocenters. The Labute approximate surface area is 160 Å². The first-order valence-electron chi connectivity index (χ1n) is 9.10. The number of halogens is 1. The van der Waals surface area contributed by atoms with Crippen molar-refractivity contribution in [3.05, 3.63) is 64.7 Å². The van der Waals surface area contributed by atoms with Crippen LogP contribution < -0.4 is 10.2 Å². The number of carbonyl (C=O) groups is 1. The molecule has 1 fully saturated rings. The highest BCUT2D eigenvalue weighted by molar-refractivity contribution is 6.31. The van der Waals surface area contributed by atoms with Crippen molar-refractivity contribution in [3.8, 4) is 0 Å². The molecule has 26 heavy (non-hydrogen) atoms. The quantitative estimate of drug-likeness (QED) is 0.834. The molecule has 1 amide bonds. The lowest BCUT2D eigenvalue weighted by molar-refractivity contribution is 0.0938. The smallest absolute Gasteiger partial charge is 0.251 e. The normalized spacial score (nSPS) is 15.7. The molecule has 1 N–H and O–H groups in total. The Balaban J connectivity index is 1.74. The molecule has 1 aliphatic heterocycles. The summed E-state index contributed by atoms with van der Waals surface area (Å²) in [5.41, 5.74) is 2.77. The minimum absolute atomic E-state index is 0.0510. The van der Waals surface area contributed by atoms with Crippen molar-refractivity contribution in [2.75, 3.05) is 38.6 Å². The van der Waals surface area contributed by atoms with E-state index in [-0.39, 0.29) is 11.9 Å². The Morgan fingerprint density at radius 2 is 1.88 bits per heavy atom. The van der Waals surface area contributed by atoms with Gasteiger partial charge in [0.15, 0.2) is 0 Å². The van der Waals surface area contributed by atoms with E-state index >= 15 is 0 Å². The predicted molar refractivity (Wildman–Crippen MR) is 108 cm³/mol. The van der Waals surface area contributed by atoms with Gasteiger partial charge in [0.2, 0.25) is 0 Å². The number of carbonyl (C=O) groups excluding carboxylic acids is 1. The Morgan fingerprint density at radius 1 is 1.15 bits per heavy atom. The molecule has 3 rings (SSSR count). The maximum atomic E-state index is 12.7. The molecular weight excluding hydrogens is 346 g/mol. The standard InChI is InChI=1S/C21H26ClN3O/c1-24(2)17-9-7-8-16(14-17)21(26)23-15-20(25-12-5-6-13-25)18-10-3-4-11-19(18)22/h3-4,7-11,14,20H,5-6,12-13,15H2,1-2H3,(H,23,26). The number of hydrogen-bond acceptors (Lipinski definition) is 3. The topological polar surface area (TPSA) is 35.6 Å². The number of benzene rings is 2. The van der Waals surface area contributed by atoms with Gasteiger partial charge in [0.05, 0.1) is 6.04 Å². The van der Waals surface area contributed by atoms with E-state index < -0.39 is 0 Å². The molecule has 0 bridgehead atoms. The summed E-state index contributed by atoms with van der Waals surface area (Å²) in [4.78, 5) is 17.1. The van der Waals surface area contributed by atoms with Gasteiger partial charge < -0.3 is 10.2 Å². The zero-order valence-corrected chi connectivity index (χ0v) is 16.2. The van der Waals surface area contributed by atoms with Gasteiger partial charge in [-0.1, -0.05) is 35.9 Å². The zero-order valence-electron chi connectivity index (χ0n) is 15.4. The largest absolute Gasteiger partial charge is 0.378 e. The van der Waals surface area contributed by atoms with Crippen LogP contribution in [0.2, 0.25) is 5.02 Å². The highest BCUT2D eigenvalue weighted by Crippen LogP contribution is 2.29. The maximum absolute atomic E-state index is 12.7. The molecule has 1 heterocycles. The number of amides is 1. The first kappa shape index (κ1) is 18.7. The average Bonchev–Trinajstić information content (AvgIpc) is 3.17. The van der Waals surface area contributed by atoms with Gasteiger partial charge in [-0.3, -0.25) is 9.69 Å². The first-order chi connectivity index (χ1) is 12.6. The molecule has 2 aromatic rings. The molecule has 0 saturated carbocycles. The van der Waals surface area contributed by atoms with Gasteiger partial charge in [0.25, 0.3) is 5.91 Å². The van der Waals surface area contributed by atoms with Gasteiger partial charge in [-0.05, 0) is 55.8 Å². The summed E-state index contributed by atoms with van der Waals surface area (Å²) in [5.74, 6) is -0.0510. The maximum Gasteiger partial charge on any atom is 0.251 e. The number of nitrogens with zero attached hydrogens (tertiary/aromatic N) is 2. The summed E-state index contributed by atoms with van der Waals surface area (Å²) in [6.07, 6.45) is 2.39. The van der Waals surface area contributed by atoms with Crippen molar-refractivity contribution >= 4 is 23.2 Å². The molecule has 4 nitrogen and oxygen atoms in total. The fourth-order valence-electron chi connectivity index (χ4n) is 3.45. The van der Waals surface area contributed by atoms with Gasteiger partial charge in [0.1, 0.15) is 0 Å². The predicted octanol–water partition coefficient (Wildman–Crippen LogP) is 3.97. The second-order valence-corrected chi connectivity index (χ2v) is 7.34. The summed E-state index contributed by atoms with van der Waals surface area (Å²) in [6.45, 7) is 2.64. The monoisotopic (exact) mass is 371 g/mol. The highest BCUT2D eigenvalue weighted by atomic mass is 35.5. The van der Waals surface area contributed by atoms with Crippen molar-refractivity contribution in [3.63, 3.8) is 0 Å². The van der Waals surface area contributed by atoms with E-state index in [1.54, 1.807) is 0 Å². The summed E-state index contributed by atoms with van der Waals surface area (Å²) in [6, 6.07) is 15.7. The fourth-order valence-corrected chi connectivity index (χ4v) is 3.71. The van der Waals surface area contributed by atoms with Gasteiger partial charge in [-0.2, -0.15) is 0 Å². The van der Waals surface area contributed by atoms with Crippen LogP contribution in [0.3, 0.4) is 0 Å². The van der Waals surface area contributed by atoms with Crippen LogP contribution in [0.25, 0.3) is 0 Å².